The van der Waals surface area contributed by atoms with E-state index in [0.29, 0.717) is 13.1 Å². The van der Waals surface area contributed by atoms with E-state index in [4.69, 9.17) is 0 Å². The summed E-state index contributed by atoms with van der Waals surface area (Å²) in [5.74, 6) is 0.261. The molecule has 0 saturated heterocycles. The van der Waals surface area contributed by atoms with Crippen molar-refractivity contribution >= 4 is 12.4 Å². The van der Waals surface area contributed by atoms with E-state index in [2.05, 4.69) is 10.4 Å². The van der Waals surface area contributed by atoms with Gasteiger partial charge in [-0.2, -0.15) is 5.10 Å². The Bertz CT molecular complexity index is 504. The molecule has 6 heteroatoms. The van der Waals surface area contributed by atoms with Crippen LogP contribution in [0.25, 0.3) is 0 Å². The molecule has 0 spiro atoms. The summed E-state index contributed by atoms with van der Waals surface area (Å²) in [4.78, 5) is 0. The average Bonchev–Trinajstić information content (AvgIpc) is 2.78. The summed E-state index contributed by atoms with van der Waals surface area (Å²) in [6.07, 6.45) is 1.67. The Labute approximate surface area is 117 Å². The van der Waals surface area contributed by atoms with Crippen molar-refractivity contribution in [2.24, 2.45) is 0 Å². The van der Waals surface area contributed by atoms with Gasteiger partial charge in [0.15, 0.2) is 0 Å². The first-order valence-electron chi connectivity index (χ1n) is 5.85. The van der Waals surface area contributed by atoms with Crippen LogP contribution in [0.15, 0.2) is 36.5 Å². The van der Waals surface area contributed by atoms with E-state index in [9.17, 15) is 9.50 Å². The normalized spacial score (nSPS) is 10.2. The second kappa shape index (κ2) is 7.76. The summed E-state index contributed by atoms with van der Waals surface area (Å²) in [6.45, 7) is 1.14. The number of aromatic nitrogens is 2. The lowest BCUT2D eigenvalue weighted by atomic mass is 10.2. The van der Waals surface area contributed by atoms with Crippen molar-refractivity contribution in [3.8, 4) is 5.75 Å². The number of aromatic hydroxyl groups is 1. The number of aryl methyl sites for hydroxylation is 1. The van der Waals surface area contributed by atoms with Crippen LogP contribution in [0.2, 0.25) is 0 Å². The molecular weight excluding hydrogens is 269 g/mol. The lowest BCUT2D eigenvalue weighted by Crippen LogP contribution is -2.17. The van der Waals surface area contributed by atoms with Gasteiger partial charge in [0.25, 0.3) is 0 Å². The predicted octanol–water partition coefficient (Wildman–Crippen LogP) is 2.27. The highest BCUT2D eigenvalue weighted by molar-refractivity contribution is 5.85. The lowest BCUT2D eigenvalue weighted by molar-refractivity contribution is 0.417. The molecule has 0 aliphatic heterocycles. The van der Waals surface area contributed by atoms with Gasteiger partial charge in [0.1, 0.15) is 12.4 Å². The van der Waals surface area contributed by atoms with Crippen LogP contribution in [-0.4, -0.2) is 21.6 Å². The van der Waals surface area contributed by atoms with Gasteiger partial charge in [0.05, 0.1) is 12.2 Å². The van der Waals surface area contributed by atoms with Crippen LogP contribution < -0.4 is 5.32 Å². The maximum atomic E-state index is 12.3. The topological polar surface area (TPSA) is 50.1 Å². The number of halogens is 2. The second-order valence-corrected chi connectivity index (χ2v) is 4.01. The fraction of sp³-hybridized carbons (Fsp3) is 0.308. The average molecular weight is 286 g/mol. The van der Waals surface area contributed by atoms with Crippen molar-refractivity contribution in [1.82, 2.24) is 15.1 Å². The fourth-order valence-electron chi connectivity index (χ4n) is 1.79. The summed E-state index contributed by atoms with van der Waals surface area (Å²) < 4.78 is 13.9. The maximum absolute atomic E-state index is 12.3. The van der Waals surface area contributed by atoms with Crippen LogP contribution in [-0.2, 0) is 19.6 Å². The third kappa shape index (κ3) is 4.54. The molecule has 104 valence electrons. The van der Waals surface area contributed by atoms with Crippen molar-refractivity contribution in [2.45, 2.75) is 19.6 Å². The third-order valence-corrected chi connectivity index (χ3v) is 2.65. The molecular formula is C13H17ClFN3O. The lowest BCUT2D eigenvalue weighted by Gasteiger charge is -2.07. The van der Waals surface area contributed by atoms with Crippen LogP contribution in [0, 0.1) is 0 Å². The molecule has 0 amide bonds. The zero-order chi connectivity index (χ0) is 12.8. The van der Waals surface area contributed by atoms with Crippen LogP contribution in [0.3, 0.4) is 0 Å². The van der Waals surface area contributed by atoms with E-state index in [1.807, 2.05) is 12.1 Å². The van der Waals surface area contributed by atoms with Crippen molar-refractivity contribution in [2.75, 3.05) is 6.67 Å². The van der Waals surface area contributed by atoms with Crippen LogP contribution in [0.5, 0.6) is 5.75 Å². The number of phenols is 1. The van der Waals surface area contributed by atoms with Crippen LogP contribution in [0.4, 0.5) is 4.39 Å². The Balaban J connectivity index is 0.00000180. The number of hydrogen-bond donors (Lipinski definition) is 2. The van der Waals surface area contributed by atoms with Gasteiger partial charge < -0.3 is 10.4 Å². The highest BCUT2D eigenvalue weighted by Gasteiger charge is 2.01. The van der Waals surface area contributed by atoms with Gasteiger partial charge in [-0.1, -0.05) is 12.1 Å². The Morgan fingerprint density at radius 2 is 2.11 bits per heavy atom. The van der Waals surface area contributed by atoms with Crippen molar-refractivity contribution in [1.29, 1.82) is 0 Å². The SMILES string of the molecule is Cl.Oc1cccc(CNCc2ccnn2CCF)c1. The minimum absolute atomic E-state index is 0. The van der Waals surface area contributed by atoms with E-state index in [-0.39, 0.29) is 24.7 Å². The maximum Gasteiger partial charge on any atom is 0.115 e. The van der Waals surface area contributed by atoms with Gasteiger partial charge in [-0.05, 0) is 23.8 Å². The molecule has 1 aromatic carbocycles. The zero-order valence-corrected chi connectivity index (χ0v) is 11.2. The van der Waals surface area contributed by atoms with E-state index in [1.54, 1.807) is 29.1 Å². The van der Waals surface area contributed by atoms with Gasteiger partial charge >= 0.3 is 0 Å². The molecule has 0 aliphatic rings. The molecule has 0 aliphatic carbocycles. The summed E-state index contributed by atoms with van der Waals surface area (Å²) in [5, 5.41) is 16.6. The quantitative estimate of drug-likeness (QED) is 0.856. The molecule has 1 aromatic heterocycles. The predicted molar refractivity (Wildman–Crippen MR) is 74.1 cm³/mol. The molecule has 2 aromatic rings. The first-order chi connectivity index (χ1) is 8.79. The van der Waals surface area contributed by atoms with Crippen molar-refractivity contribution in [3.63, 3.8) is 0 Å². The van der Waals surface area contributed by atoms with Crippen LogP contribution in [0.1, 0.15) is 11.3 Å². The van der Waals surface area contributed by atoms with E-state index in [0.717, 1.165) is 11.3 Å². The number of rotatable bonds is 6. The van der Waals surface area contributed by atoms with E-state index < -0.39 is 6.67 Å². The molecule has 0 atom stereocenters. The Hall–Kier alpha value is -1.59. The molecule has 2 N–H and O–H groups in total. The number of nitrogens with zero attached hydrogens (tertiary/aromatic N) is 2. The van der Waals surface area contributed by atoms with E-state index in [1.165, 1.54) is 0 Å². The summed E-state index contributed by atoms with van der Waals surface area (Å²) >= 11 is 0. The molecule has 1 heterocycles. The molecule has 0 bridgehead atoms. The third-order valence-electron chi connectivity index (χ3n) is 2.65. The minimum Gasteiger partial charge on any atom is -0.508 e. The van der Waals surface area contributed by atoms with Gasteiger partial charge in [0.2, 0.25) is 0 Å². The monoisotopic (exact) mass is 285 g/mol. The molecule has 0 radical (unpaired) electrons. The first kappa shape index (κ1) is 15.5. The largest absolute Gasteiger partial charge is 0.508 e. The fourth-order valence-corrected chi connectivity index (χ4v) is 1.79. The number of phenolic OH excluding ortho intramolecular Hbond substituents is 1. The van der Waals surface area contributed by atoms with Gasteiger partial charge in [-0.3, -0.25) is 4.68 Å². The number of nitrogens with one attached hydrogen (secondary N) is 1. The Kier molecular flexibility index (Phi) is 6.32. The summed E-state index contributed by atoms with van der Waals surface area (Å²) in [5.41, 5.74) is 1.96. The number of benzene rings is 1. The Morgan fingerprint density at radius 1 is 1.26 bits per heavy atom. The van der Waals surface area contributed by atoms with Crippen molar-refractivity contribution < 1.29 is 9.50 Å². The smallest absolute Gasteiger partial charge is 0.115 e. The second-order valence-electron chi connectivity index (χ2n) is 4.01. The molecule has 2 rings (SSSR count). The number of hydrogen-bond acceptors (Lipinski definition) is 3. The van der Waals surface area contributed by atoms with Crippen LogP contribution >= 0.6 is 12.4 Å². The van der Waals surface area contributed by atoms with Crippen molar-refractivity contribution in [3.05, 3.63) is 47.8 Å². The van der Waals surface area contributed by atoms with Gasteiger partial charge in [0, 0.05) is 19.3 Å². The Morgan fingerprint density at radius 3 is 2.84 bits per heavy atom. The zero-order valence-electron chi connectivity index (χ0n) is 10.4. The summed E-state index contributed by atoms with van der Waals surface area (Å²) in [7, 11) is 0. The minimum atomic E-state index is -0.415. The molecule has 0 unspecified atom stereocenters. The summed E-state index contributed by atoms with van der Waals surface area (Å²) in [6, 6.07) is 8.96. The first-order valence-corrected chi connectivity index (χ1v) is 5.85. The molecule has 0 fully saturated rings. The van der Waals surface area contributed by atoms with Gasteiger partial charge in [-0.15, -0.1) is 12.4 Å². The molecule has 4 nitrogen and oxygen atoms in total. The molecule has 0 saturated carbocycles. The molecule has 19 heavy (non-hydrogen) atoms. The number of alkyl halides is 1. The van der Waals surface area contributed by atoms with Gasteiger partial charge in [-0.25, -0.2) is 4.39 Å². The highest BCUT2D eigenvalue weighted by Crippen LogP contribution is 2.10. The van der Waals surface area contributed by atoms with E-state index >= 15 is 0 Å². The highest BCUT2D eigenvalue weighted by atomic mass is 35.5. The standard InChI is InChI=1S/C13H16FN3O.ClH/c14-5-7-17-12(4-6-16-17)10-15-9-11-2-1-3-13(18)8-11;/h1-4,6,8,15,18H,5,7,9-10H2;1H.